The third kappa shape index (κ3) is 6.09. The Morgan fingerprint density at radius 1 is 1.05 bits per heavy atom. The van der Waals surface area contributed by atoms with Gasteiger partial charge in [0.05, 0.1) is 6.10 Å². The van der Waals surface area contributed by atoms with Crippen LogP contribution in [0.4, 0.5) is 0 Å². The zero-order valence-corrected chi connectivity index (χ0v) is 13.7. The summed E-state index contributed by atoms with van der Waals surface area (Å²) >= 11 is 0. The molecule has 1 aliphatic carbocycles. The highest BCUT2D eigenvalue weighted by molar-refractivity contribution is 5.29. The summed E-state index contributed by atoms with van der Waals surface area (Å²) in [5.74, 6) is 1.03. The topological polar surface area (TPSA) is 21.3 Å². The Kier molecular flexibility index (Phi) is 7.08. The minimum absolute atomic E-state index is 0.485. The van der Waals surface area contributed by atoms with Crippen LogP contribution in [0, 0.1) is 0 Å². The molecule has 1 fully saturated rings. The molecule has 0 aromatic heterocycles. The predicted molar refractivity (Wildman–Crippen MR) is 89.9 cm³/mol. The standard InChI is InChI=1S/C19H31NO/c1-3-5-6-7-8-19(20-15-4-2)16-9-11-17(12-10-16)21-18-13-14-18/h9-12,18-20H,3-8,13-15H2,1-2H3. The summed E-state index contributed by atoms with van der Waals surface area (Å²) in [7, 11) is 0. The van der Waals surface area contributed by atoms with Crippen LogP contribution in [0.1, 0.15) is 76.8 Å². The van der Waals surface area contributed by atoms with Gasteiger partial charge < -0.3 is 10.1 Å². The summed E-state index contributed by atoms with van der Waals surface area (Å²) in [4.78, 5) is 0. The molecular formula is C19H31NO. The van der Waals surface area contributed by atoms with Crippen molar-refractivity contribution in [2.24, 2.45) is 0 Å². The Balaban J connectivity index is 1.87. The number of benzene rings is 1. The van der Waals surface area contributed by atoms with Crippen LogP contribution in [0.5, 0.6) is 5.75 Å². The molecule has 0 bridgehead atoms. The van der Waals surface area contributed by atoms with Gasteiger partial charge in [0.2, 0.25) is 0 Å². The molecule has 0 radical (unpaired) electrons. The molecule has 0 saturated heterocycles. The van der Waals surface area contributed by atoms with Gasteiger partial charge in [-0.15, -0.1) is 0 Å². The molecule has 1 saturated carbocycles. The fourth-order valence-corrected chi connectivity index (χ4v) is 2.64. The SMILES string of the molecule is CCCCCCC(NCCC)c1ccc(OC2CC2)cc1. The molecule has 2 heteroatoms. The molecule has 21 heavy (non-hydrogen) atoms. The van der Waals surface area contributed by atoms with Crippen LogP contribution in [-0.2, 0) is 0 Å². The Morgan fingerprint density at radius 3 is 2.43 bits per heavy atom. The van der Waals surface area contributed by atoms with E-state index >= 15 is 0 Å². The highest BCUT2D eigenvalue weighted by Crippen LogP contribution is 2.28. The molecule has 0 aliphatic heterocycles. The molecule has 118 valence electrons. The number of nitrogens with one attached hydrogen (secondary N) is 1. The molecule has 1 aromatic rings. The van der Waals surface area contributed by atoms with E-state index in [1.54, 1.807) is 0 Å². The van der Waals surface area contributed by atoms with Crippen molar-refractivity contribution in [3.63, 3.8) is 0 Å². The Labute approximate surface area is 130 Å². The van der Waals surface area contributed by atoms with E-state index in [1.165, 1.54) is 56.9 Å². The van der Waals surface area contributed by atoms with E-state index in [1.807, 2.05) is 0 Å². The van der Waals surface area contributed by atoms with Crippen molar-refractivity contribution in [3.05, 3.63) is 29.8 Å². The highest BCUT2D eigenvalue weighted by atomic mass is 16.5. The summed E-state index contributed by atoms with van der Waals surface area (Å²) in [6.45, 7) is 5.60. The summed E-state index contributed by atoms with van der Waals surface area (Å²) in [5.41, 5.74) is 1.41. The first kappa shape index (κ1) is 16.4. The molecule has 1 unspecified atom stereocenters. The van der Waals surface area contributed by atoms with Crippen LogP contribution >= 0.6 is 0 Å². The molecule has 0 amide bonds. The van der Waals surface area contributed by atoms with Gasteiger partial charge >= 0.3 is 0 Å². The zero-order valence-electron chi connectivity index (χ0n) is 13.7. The van der Waals surface area contributed by atoms with Gasteiger partial charge in [-0.1, -0.05) is 51.7 Å². The lowest BCUT2D eigenvalue weighted by molar-refractivity contribution is 0.303. The fraction of sp³-hybridized carbons (Fsp3) is 0.684. The molecule has 1 N–H and O–H groups in total. The molecule has 1 aliphatic rings. The Hall–Kier alpha value is -1.02. The predicted octanol–water partition coefficient (Wildman–Crippen LogP) is 5.24. The number of hydrogen-bond donors (Lipinski definition) is 1. The molecule has 1 aromatic carbocycles. The zero-order chi connectivity index (χ0) is 14.9. The van der Waals surface area contributed by atoms with E-state index in [-0.39, 0.29) is 0 Å². The Bertz CT molecular complexity index is 383. The van der Waals surface area contributed by atoms with Gasteiger partial charge in [0, 0.05) is 6.04 Å². The van der Waals surface area contributed by atoms with Crippen LogP contribution in [0.15, 0.2) is 24.3 Å². The average Bonchev–Trinajstić information content (AvgIpc) is 3.32. The number of rotatable bonds is 11. The summed E-state index contributed by atoms with van der Waals surface area (Å²) < 4.78 is 5.83. The van der Waals surface area contributed by atoms with Gasteiger partial charge in [-0.05, 0) is 49.9 Å². The second-order valence-electron chi connectivity index (χ2n) is 6.24. The maximum atomic E-state index is 5.83. The minimum Gasteiger partial charge on any atom is -0.490 e. The third-order valence-corrected chi connectivity index (χ3v) is 4.10. The first-order valence-electron chi connectivity index (χ1n) is 8.83. The third-order valence-electron chi connectivity index (χ3n) is 4.10. The summed E-state index contributed by atoms with van der Waals surface area (Å²) in [6, 6.07) is 9.26. The normalized spacial score (nSPS) is 15.9. The van der Waals surface area contributed by atoms with E-state index in [0.717, 1.165) is 12.3 Å². The summed E-state index contributed by atoms with van der Waals surface area (Å²) in [5, 5.41) is 3.69. The van der Waals surface area contributed by atoms with Crippen molar-refractivity contribution in [1.82, 2.24) is 5.32 Å². The minimum atomic E-state index is 0.485. The van der Waals surface area contributed by atoms with Crippen LogP contribution in [0.3, 0.4) is 0 Å². The van der Waals surface area contributed by atoms with Gasteiger partial charge in [0.25, 0.3) is 0 Å². The monoisotopic (exact) mass is 289 g/mol. The molecule has 1 atom stereocenters. The number of ether oxygens (including phenoxy) is 1. The molecular weight excluding hydrogens is 258 g/mol. The van der Waals surface area contributed by atoms with E-state index in [4.69, 9.17) is 4.74 Å². The van der Waals surface area contributed by atoms with Crippen molar-refractivity contribution >= 4 is 0 Å². The van der Waals surface area contributed by atoms with Crippen LogP contribution < -0.4 is 10.1 Å². The van der Waals surface area contributed by atoms with Crippen molar-refractivity contribution in [2.45, 2.75) is 77.4 Å². The number of unbranched alkanes of at least 4 members (excludes halogenated alkanes) is 3. The van der Waals surface area contributed by atoms with Crippen LogP contribution in [0.25, 0.3) is 0 Å². The maximum absolute atomic E-state index is 5.83. The van der Waals surface area contributed by atoms with Gasteiger partial charge in [-0.25, -0.2) is 0 Å². The molecule has 2 rings (SSSR count). The average molecular weight is 289 g/mol. The van der Waals surface area contributed by atoms with E-state index in [0.29, 0.717) is 12.1 Å². The van der Waals surface area contributed by atoms with Gasteiger partial charge in [-0.2, -0.15) is 0 Å². The number of hydrogen-bond acceptors (Lipinski definition) is 2. The quantitative estimate of drug-likeness (QED) is 0.563. The van der Waals surface area contributed by atoms with E-state index < -0.39 is 0 Å². The first-order valence-corrected chi connectivity index (χ1v) is 8.83. The first-order chi connectivity index (χ1) is 10.3. The molecule has 2 nitrogen and oxygen atoms in total. The Morgan fingerprint density at radius 2 is 1.81 bits per heavy atom. The van der Waals surface area contributed by atoms with Gasteiger partial charge in [-0.3, -0.25) is 0 Å². The lowest BCUT2D eigenvalue weighted by atomic mass is 9.99. The molecule has 0 heterocycles. The van der Waals surface area contributed by atoms with Crippen molar-refractivity contribution in [2.75, 3.05) is 6.54 Å². The van der Waals surface area contributed by atoms with E-state index in [2.05, 4.69) is 43.4 Å². The van der Waals surface area contributed by atoms with Crippen molar-refractivity contribution in [1.29, 1.82) is 0 Å². The fourth-order valence-electron chi connectivity index (χ4n) is 2.64. The van der Waals surface area contributed by atoms with Gasteiger partial charge in [0.1, 0.15) is 5.75 Å². The van der Waals surface area contributed by atoms with Crippen molar-refractivity contribution < 1.29 is 4.74 Å². The largest absolute Gasteiger partial charge is 0.490 e. The maximum Gasteiger partial charge on any atom is 0.119 e. The van der Waals surface area contributed by atoms with Crippen LogP contribution in [-0.4, -0.2) is 12.6 Å². The van der Waals surface area contributed by atoms with Gasteiger partial charge in [0.15, 0.2) is 0 Å². The lowest BCUT2D eigenvalue weighted by Crippen LogP contribution is -2.22. The van der Waals surface area contributed by atoms with E-state index in [9.17, 15) is 0 Å². The lowest BCUT2D eigenvalue weighted by Gasteiger charge is -2.19. The second-order valence-corrected chi connectivity index (χ2v) is 6.24. The molecule has 0 spiro atoms. The smallest absolute Gasteiger partial charge is 0.119 e. The van der Waals surface area contributed by atoms with Crippen LogP contribution in [0.2, 0.25) is 0 Å². The highest BCUT2D eigenvalue weighted by Gasteiger charge is 2.23. The van der Waals surface area contributed by atoms with Crippen molar-refractivity contribution in [3.8, 4) is 5.75 Å². The second kappa shape index (κ2) is 9.09. The summed E-state index contributed by atoms with van der Waals surface area (Å²) in [6.07, 6.45) is 10.7.